The number of ether oxygens (including phenoxy) is 1. The second-order valence-corrected chi connectivity index (χ2v) is 3.72. The van der Waals surface area contributed by atoms with Crippen LogP contribution in [0.1, 0.15) is 17.3 Å². The van der Waals surface area contributed by atoms with Gasteiger partial charge in [0.05, 0.1) is 12.3 Å². The Morgan fingerprint density at radius 2 is 2.05 bits per heavy atom. The van der Waals surface area contributed by atoms with Crippen LogP contribution in [0, 0.1) is 5.82 Å². The Hall–Kier alpha value is -2.50. The number of aromatic nitrogens is 2. The molecule has 98 valence electrons. The van der Waals surface area contributed by atoms with E-state index in [9.17, 15) is 9.18 Å². The lowest BCUT2D eigenvalue weighted by molar-refractivity contribution is 0.0526. The summed E-state index contributed by atoms with van der Waals surface area (Å²) in [6.45, 7) is 1.94. The van der Waals surface area contributed by atoms with Crippen LogP contribution in [0.5, 0.6) is 0 Å². The van der Waals surface area contributed by atoms with Crippen LogP contribution in [-0.2, 0) is 4.74 Å². The number of hydrogen-bond donors (Lipinski definition) is 1. The Labute approximate surface area is 109 Å². The van der Waals surface area contributed by atoms with E-state index in [-0.39, 0.29) is 23.9 Å². The number of nitrogens with zero attached hydrogens (tertiary/aromatic N) is 2. The molecule has 0 amide bonds. The average Bonchev–Trinajstić information content (AvgIpc) is 2.39. The zero-order valence-electron chi connectivity index (χ0n) is 10.3. The lowest BCUT2D eigenvalue weighted by atomic mass is 10.1. The number of nitrogen functional groups attached to an aromatic ring is 1. The van der Waals surface area contributed by atoms with E-state index >= 15 is 0 Å². The molecular formula is C13H12FN3O2. The van der Waals surface area contributed by atoms with Crippen molar-refractivity contribution in [3.63, 3.8) is 0 Å². The van der Waals surface area contributed by atoms with Crippen molar-refractivity contribution in [2.24, 2.45) is 0 Å². The highest BCUT2D eigenvalue weighted by Crippen LogP contribution is 2.22. The van der Waals surface area contributed by atoms with Crippen molar-refractivity contribution >= 4 is 11.9 Å². The first kappa shape index (κ1) is 12.9. The Kier molecular flexibility index (Phi) is 3.70. The van der Waals surface area contributed by atoms with E-state index in [1.807, 2.05) is 0 Å². The summed E-state index contributed by atoms with van der Waals surface area (Å²) in [7, 11) is 0. The van der Waals surface area contributed by atoms with Crippen molar-refractivity contribution in [3.05, 3.63) is 41.8 Å². The molecule has 2 aromatic rings. The number of halogens is 1. The van der Waals surface area contributed by atoms with Gasteiger partial charge in [-0.15, -0.1) is 0 Å². The molecule has 6 heteroatoms. The first-order chi connectivity index (χ1) is 9.11. The average molecular weight is 261 g/mol. The van der Waals surface area contributed by atoms with Gasteiger partial charge in [0.15, 0.2) is 0 Å². The van der Waals surface area contributed by atoms with E-state index in [1.54, 1.807) is 6.92 Å². The second kappa shape index (κ2) is 5.43. The topological polar surface area (TPSA) is 78.1 Å². The highest BCUT2D eigenvalue weighted by atomic mass is 19.1. The van der Waals surface area contributed by atoms with Crippen LogP contribution in [-0.4, -0.2) is 22.5 Å². The van der Waals surface area contributed by atoms with Gasteiger partial charge in [0.2, 0.25) is 5.95 Å². The van der Waals surface area contributed by atoms with Crippen molar-refractivity contribution < 1.29 is 13.9 Å². The van der Waals surface area contributed by atoms with Gasteiger partial charge in [-0.25, -0.2) is 19.2 Å². The Morgan fingerprint density at radius 3 is 2.68 bits per heavy atom. The van der Waals surface area contributed by atoms with E-state index in [0.29, 0.717) is 11.3 Å². The summed E-state index contributed by atoms with van der Waals surface area (Å²) < 4.78 is 17.8. The molecule has 0 fully saturated rings. The number of hydrogen-bond acceptors (Lipinski definition) is 5. The van der Waals surface area contributed by atoms with Crippen molar-refractivity contribution in [3.8, 4) is 11.3 Å². The van der Waals surface area contributed by atoms with Crippen LogP contribution in [0.15, 0.2) is 30.5 Å². The van der Waals surface area contributed by atoms with E-state index in [0.717, 1.165) is 0 Å². The van der Waals surface area contributed by atoms with Gasteiger partial charge in [0, 0.05) is 11.8 Å². The zero-order valence-corrected chi connectivity index (χ0v) is 10.3. The Morgan fingerprint density at radius 1 is 1.37 bits per heavy atom. The molecule has 5 nitrogen and oxygen atoms in total. The lowest BCUT2D eigenvalue weighted by Gasteiger charge is -2.08. The van der Waals surface area contributed by atoms with Crippen molar-refractivity contribution in [2.75, 3.05) is 12.3 Å². The SMILES string of the molecule is CCOC(=O)c1cnc(N)nc1-c1ccc(F)cc1. The number of benzene rings is 1. The molecule has 0 bridgehead atoms. The van der Waals surface area contributed by atoms with Crippen LogP contribution < -0.4 is 5.73 Å². The summed E-state index contributed by atoms with van der Waals surface area (Å²) in [6.07, 6.45) is 1.30. The number of carbonyl (C=O) groups is 1. The predicted octanol–water partition coefficient (Wildman–Crippen LogP) is 2.04. The highest BCUT2D eigenvalue weighted by Gasteiger charge is 2.16. The molecule has 0 aliphatic rings. The minimum absolute atomic E-state index is 0.0346. The molecule has 19 heavy (non-hydrogen) atoms. The summed E-state index contributed by atoms with van der Waals surface area (Å²) >= 11 is 0. The van der Waals surface area contributed by atoms with Crippen LogP contribution in [0.2, 0.25) is 0 Å². The third kappa shape index (κ3) is 2.85. The molecule has 1 aromatic heterocycles. The maximum absolute atomic E-state index is 12.9. The number of anilines is 1. The summed E-state index contributed by atoms with van der Waals surface area (Å²) in [5.74, 6) is -0.877. The predicted molar refractivity (Wildman–Crippen MR) is 67.8 cm³/mol. The van der Waals surface area contributed by atoms with E-state index < -0.39 is 5.97 Å². The standard InChI is InChI=1S/C13H12FN3O2/c1-2-19-12(18)10-7-16-13(15)17-11(10)8-3-5-9(14)6-4-8/h3-7H,2H2,1H3,(H2,15,16,17). The van der Waals surface area contributed by atoms with Gasteiger partial charge in [0.25, 0.3) is 0 Å². The first-order valence-electron chi connectivity index (χ1n) is 5.67. The highest BCUT2D eigenvalue weighted by molar-refractivity contribution is 5.96. The number of nitrogens with two attached hydrogens (primary N) is 1. The third-order valence-electron chi connectivity index (χ3n) is 2.42. The van der Waals surface area contributed by atoms with Gasteiger partial charge in [-0.3, -0.25) is 0 Å². The smallest absolute Gasteiger partial charge is 0.341 e. The minimum atomic E-state index is -0.540. The molecule has 2 rings (SSSR count). The summed E-state index contributed by atoms with van der Waals surface area (Å²) in [5.41, 5.74) is 6.61. The molecule has 0 aliphatic carbocycles. The molecule has 0 saturated heterocycles. The fourth-order valence-corrected chi connectivity index (χ4v) is 1.58. The maximum Gasteiger partial charge on any atom is 0.341 e. The summed E-state index contributed by atoms with van der Waals surface area (Å²) in [4.78, 5) is 19.6. The van der Waals surface area contributed by atoms with Crippen molar-refractivity contribution in [1.29, 1.82) is 0 Å². The fraction of sp³-hybridized carbons (Fsp3) is 0.154. The number of carbonyl (C=O) groups excluding carboxylic acids is 1. The van der Waals surface area contributed by atoms with Gasteiger partial charge in [-0.05, 0) is 31.2 Å². The Balaban J connectivity index is 2.51. The fourth-order valence-electron chi connectivity index (χ4n) is 1.58. The van der Waals surface area contributed by atoms with Crippen LogP contribution in [0.3, 0.4) is 0 Å². The molecule has 1 aromatic carbocycles. The molecule has 0 spiro atoms. The quantitative estimate of drug-likeness (QED) is 0.855. The molecule has 0 saturated carbocycles. The van der Waals surface area contributed by atoms with E-state index in [2.05, 4.69) is 9.97 Å². The van der Waals surface area contributed by atoms with Crippen molar-refractivity contribution in [1.82, 2.24) is 9.97 Å². The molecule has 0 aliphatic heterocycles. The molecule has 0 atom stereocenters. The van der Waals surface area contributed by atoms with Gasteiger partial charge >= 0.3 is 5.97 Å². The molecule has 2 N–H and O–H groups in total. The third-order valence-corrected chi connectivity index (χ3v) is 2.42. The maximum atomic E-state index is 12.9. The minimum Gasteiger partial charge on any atom is -0.462 e. The van der Waals surface area contributed by atoms with Gasteiger partial charge < -0.3 is 10.5 Å². The second-order valence-electron chi connectivity index (χ2n) is 3.72. The summed E-state index contributed by atoms with van der Waals surface area (Å²) in [6, 6.07) is 5.59. The van der Waals surface area contributed by atoms with Gasteiger partial charge in [0.1, 0.15) is 11.4 Å². The number of esters is 1. The lowest BCUT2D eigenvalue weighted by Crippen LogP contribution is -2.10. The molecule has 0 radical (unpaired) electrons. The van der Waals surface area contributed by atoms with Crippen molar-refractivity contribution in [2.45, 2.75) is 6.92 Å². The van der Waals surface area contributed by atoms with E-state index in [1.165, 1.54) is 30.5 Å². The van der Waals surface area contributed by atoms with Crippen LogP contribution >= 0.6 is 0 Å². The normalized spacial score (nSPS) is 10.2. The monoisotopic (exact) mass is 261 g/mol. The molecule has 0 unspecified atom stereocenters. The summed E-state index contributed by atoms with van der Waals surface area (Å²) in [5, 5.41) is 0. The van der Waals surface area contributed by atoms with Gasteiger partial charge in [-0.1, -0.05) is 0 Å². The zero-order chi connectivity index (χ0) is 13.8. The van der Waals surface area contributed by atoms with Gasteiger partial charge in [-0.2, -0.15) is 0 Å². The Bertz CT molecular complexity index is 599. The molecular weight excluding hydrogens is 249 g/mol. The largest absolute Gasteiger partial charge is 0.462 e. The number of rotatable bonds is 3. The van der Waals surface area contributed by atoms with E-state index in [4.69, 9.17) is 10.5 Å². The van der Waals surface area contributed by atoms with Crippen LogP contribution in [0.25, 0.3) is 11.3 Å². The molecule has 1 heterocycles. The first-order valence-corrected chi connectivity index (χ1v) is 5.67. The van der Waals surface area contributed by atoms with Crippen LogP contribution in [0.4, 0.5) is 10.3 Å².